The Bertz CT molecular complexity index is 681. The van der Waals surface area contributed by atoms with Gasteiger partial charge < -0.3 is 10.1 Å². The summed E-state index contributed by atoms with van der Waals surface area (Å²) >= 11 is 0. The summed E-state index contributed by atoms with van der Waals surface area (Å²) < 4.78 is 6.86. The van der Waals surface area contributed by atoms with Crippen LogP contribution in [-0.2, 0) is 14.9 Å². The lowest BCUT2D eigenvalue weighted by molar-refractivity contribution is -0.141. The number of fused-ring (bicyclic) bond motifs is 1. The van der Waals surface area contributed by atoms with Gasteiger partial charge in [-0.3, -0.25) is 9.20 Å². The number of aromatic nitrogens is 2. The molecular formula is C17H25N3O2. The lowest BCUT2D eigenvalue weighted by Gasteiger charge is -2.27. The third-order valence-corrected chi connectivity index (χ3v) is 3.48. The Morgan fingerprint density at radius 1 is 1.27 bits per heavy atom. The predicted molar refractivity (Wildman–Crippen MR) is 88.2 cm³/mol. The number of nitrogens with zero attached hydrogens (tertiary/aromatic N) is 2. The van der Waals surface area contributed by atoms with Gasteiger partial charge in [-0.1, -0.05) is 19.9 Å². The van der Waals surface area contributed by atoms with Gasteiger partial charge in [-0.05, 0) is 32.9 Å². The molecule has 22 heavy (non-hydrogen) atoms. The van der Waals surface area contributed by atoms with E-state index in [1.807, 2.05) is 42.6 Å². The molecular weight excluding hydrogens is 278 g/mol. The normalized spacial score (nSPS) is 12.5. The Morgan fingerprint density at radius 3 is 2.55 bits per heavy atom. The number of imidazole rings is 1. The average Bonchev–Trinajstić information content (AvgIpc) is 2.76. The van der Waals surface area contributed by atoms with Gasteiger partial charge in [-0.25, -0.2) is 4.98 Å². The highest BCUT2D eigenvalue weighted by Gasteiger charge is 2.32. The number of rotatable bonds is 4. The number of anilines is 1. The minimum absolute atomic E-state index is 0.109. The van der Waals surface area contributed by atoms with Crippen molar-refractivity contribution < 1.29 is 9.53 Å². The summed E-state index contributed by atoms with van der Waals surface area (Å²) in [6.07, 6.45) is 2.26. The molecule has 2 aromatic rings. The van der Waals surface area contributed by atoms with Gasteiger partial charge in [-0.15, -0.1) is 0 Å². The van der Waals surface area contributed by atoms with Crippen LogP contribution in [0.2, 0.25) is 0 Å². The van der Waals surface area contributed by atoms with Crippen LogP contribution in [0.4, 0.5) is 5.82 Å². The molecule has 0 saturated heterocycles. The van der Waals surface area contributed by atoms with E-state index in [4.69, 9.17) is 9.72 Å². The molecule has 2 rings (SSSR count). The van der Waals surface area contributed by atoms with E-state index >= 15 is 0 Å². The highest BCUT2D eigenvalue weighted by atomic mass is 16.5. The summed E-state index contributed by atoms with van der Waals surface area (Å²) in [4.78, 5) is 16.5. The smallest absolute Gasteiger partial charge is 0.306 e. The number of ether oxygens (including phenoxy) is 1. The van der Waals surface area contributed by atoms with Gasteiger partial charge in [0.05, 0.1) is 19.2 Å². The van der Waals surface area contributed by atoms with Crippen LogP contribution in [0.5, 0.6) is 0 Å². The zero-order valence-corrected chi connectivity index (χ0v) is 14.2. The van der Waals surface area contributed by atoms with Gasteiger partial charge in [-0.2, -0.15) is 0 Å². The second-order valence-corrected chi connectivity index (χ2v) is 7.25. The third-order valence-electron chi connectivity index (χ3n) is 3.48. The molecule has 0 bridgehead atoms. The van der Waals surface area contributed by atoms with Gasteiger partial charge >= 0.3 is 5.97 Å². The Balaban J connectivity index is 2.56. The molecule has 0 atom stereocenters. The lowest BCUT2D eigenvalue weighted by atomic mass is 9.85. The molecule has 5 heteroatoms. The van der Waals surface area contributed by atoms with Crippen molar-refractivity contribution in [3.63, 3.8) is 0 Å². The van der Waals surface area contributed by atoms with Crippen LogP contribution in [0.15, 0.2) is 24.4 Å². The summed E-state index contributed by atoms with van der Waals surface area (Å²) in [5.74, 6) is 0.695. The summed E-state index contributed by atoms with van der Waals surface area (Å²) in [6, 6.07) is 5.89. The quantitative estimate of drug-likeness (QED) is 0.880. The number of pyridine rings is 1. The van der Waals surface area contributed by atoms with Crippen molar-refractivity contribution in [3.8, 4) is 0 Å². The molecule has 1 N–H and O–H groups in total. The summed E-state index contributed by atoms with van der Waals surface area (Å²) in [5.41, 5.74) is 1.20. The zero-order valence-electron chi connectivity index (χ0n) is 14.2. The predicted octanol–water partition coefficient (Wildman–Crippen LogP) is 3.39. The molecule has 0 unspecified atom stereocenters. The van der Waals surface area contributed by atoms with Crippen LogP contribution in [-0.4, -0.2) is 28.0 Å². The molecule has 0 aromatic carbocycles. The van der Waals surface area contributed by atoms with E-state index in [0.29, 0.717) is 0 Å². The van der Waals surface area contributed by atoms with Crippen molar-refractivity contribution in [3.05, 3.63) is 30.1 Å². The molecule has 0 aliphatic carbocycles. The molecule has 0 aliphatic heterocycles. The van der Waals surface area contributed by atoms with Crippen molar-refractivity contribution in [1.29, 1.82) is 0 Å². The summed E-state index contributed by atoms with van der Waals surface area (Å²) in [7, 11) is 1.41. The highest BCUT2D eigenvalue weighted by Crippen LogP contribution is 2.34. The Labute approximate surface area is 131 Å². The SMILES string of the molecule is COC(=O)CC(C)(C)c1nc2ccccn2c1NC(C)(C)C. The van der Waals surface area contributed by atoms with Crippen LogP contribution in [0.1, 0.15) is 46.7 Å². The fourth-order valence-electron chi connectivity index (χ4n) is 2.46. The first-order valence-electron chi connectivity index (χ1n) is 7.46. The number of esters is 1. The van der Waals surface area contributed by atoms with Gasteiger partial charge in [0.25, 0.3) is 0 Å². The molecule has 0 aliphatic rings. The highest BCUT2D eigenvalue weighted by molar-refractivity contribution is 5.72. The van der Waals surface area contributed by atoms with Crippen molar-refractivity contribution in [2.24, 2.45) is 0 Å². The van der Waals surface area contributed by atoms with E-state index in [2.05, 4.69) is 26.1 Å². The Hall–Kier alpha value is -2.04. The van der Waals surface area contributed by atoms with Crippen molar-refractivity contribution in [2.45, 2.75) is 52.0 Å². The summed E-state index contributed by atoms with van der Waals surface area (Å²) in [6.45, 7) is 10.3. The molecule has 0 amide bonds. The molecule has 0 saturated carbocycles. The van der Waals surface area contributed by atoms with Crippen LogP contribution >= 0.6 is 0 Å². The minimum Gasteiger partial charge on any atom is -0.469 e. The van der Waals surface area contributed by atoms with Gasteiger partial charge in [0.1, 0.15) is 11.5 Å². The largest absolute Gasteiger partial charge is 0.469 e. The van der Waals surface area contributed by atoms with Gasteiger partial charge in [0.2, 0.25) is 0 Å². The standard InChI is InChI=1S/C17H25N3O2/c1-16(2,3)19-15-14(17(4,5)11-13(21)22-6)18-12-9-7-8-10-20(12)15/h7-10,19H,11H2,1-6H3. The minimum atomic E-state index is -0.424. The lowest BCUT2D eigenvalue weighted by Crippen LogP contribution is -2.30. The number of hydrogen-bond acceptors (Lipinski definition) is 4. The number of carbonyl (C=O) groups is 1. The number of nitrogens with one attached hydrogen (secondary N) is 1. The van der Waals surface area contributed by atoms with E-state index in [-0.39, 0.29) is 17.9 Å². The van der Waals surface area contributed by atoms with E-state index in [1.165, 1.54) is 7.11 Å². The van der Waals surface area contributed by atoms with Crippen LogP contribution in [0, 0.1) is 0 Å². The maximum absolute atomic E-state index is 11.7. The maximum atomic E-state index is 11.7. The Kier molecular flexibility index (Phi) is 4.18. The van der Waals surface area contributed by atoms with Gasteiger partial charge in [0, 0.05) is 17.2 Å². The number of carbonyl (C=O) groups excluding carboxylic acids is 1. The maximum Gasteiger partial charge on any atom is 0.306 e. The first-order valence-corrected chi connectivity index (χ1v) is 7.46. The summed E-state index contributed by atoms with van der Waals surface area (Å²) in [5, 5.41) is 3.52. The van der Waals surface area contributed by atoms with E-state index < -0.39 is 5.41 Å². The number of hydrogen-bond donors (Lipinski definition) is 1. The molecule has 0 radical (unpaired) electrons. The monoisotopic (exact) mass is 303 g/mol. The van der Waals surface area contributed by atoms with E-state index in [9.17, 15) is 4.79 Å². The molecule has 2 aromatic heterocycles. The van der Waals surface area contributed by atoms with Crippen molar-refractivity contribution in [2.75, 3.05) is 12.4 Å². The van der Waals surface area contributed by atoms with Crippen molar-refractivity contribution >= 4 is 17.4 Å². The third kappa shape index (κ3) is 3.40. The second kappa shape index (κ2) is 5.63. The molecule has 120 valence electrons. The van der Waals surface area contributed by atoms with Crippen LogP contribution in [0.3, 0.4) is 0 Å². The fourth-order valence-corrected chi connectivity index (χ4v) is 2.46. The zero-order chi connectivity index (χ0) is 16.5. The van der Waals surface area contributed by atoms with Crippen LogP contribution < -0.4 is 5.32 Å². The van der Waals surface area contributed by atoms with Crippen LogP contribution in [0.25, 0.3) is 5.65 Å². The van der Waals surface area contributed by atoms with Gasteiger partial charge in [0.15, 0.2) is 0 Å². The average molecular weight is 303 g/mol. The van der Waals surface area contributed by atoms with E-state index in [0.717, 1.165) is 17.2 Å². The van der Waals surface area contributed by atoms with E-state index in [1.54, 1.807) is 0 Å². The fraction of sp³-hybridized carbons (Fsp3) is 0.529. The second-order valence-electron chi connectivity index (χ2n) is 7.25. The Morgan fingerprint density at radius 2 is 1.95 bits per heavy atom. The van der Waals surface area contributed by atoms with Crippen molar-refractivity contribution in [1.82, 2.24) is 9.38 Å². The number of methoxy groups -OCH3 is 1. The molecule has 0 fully saturated rings. The first kappa shape index (κ1) is 16.3. The topological polar surface area (TPSA) is 55.6 Å². The first-order chi connectivity index (χ1) is 10.1. The molecule has 5 nitrogen and oxygen atoms in total. The molecule has 2 heterocycles. The molecule has 0 spiro atoms.